The summed E-state index contributed by atoms with van der Waals surface area (Å²) in [5.41, 5.74) is 2.32. The van der Waals surface area contributed by atoms with E-state index >= 15 is 0 Å². The van der Waals surface area contributed by atoms with Crippen LogP contribution in [0.5, 0.6) is 0 Å². The van der Waals surface area contributed by atoms with Gasteiger partial charge in [-0.3, -0.25) is 9.88 Å². The predicted octanol–water partition coefficient (Wildman–Crippen LogP) is 2.97. The van der Waals surface area contributed by atoms with E-state index in [0.717, 1.165) is 63.9 Å². The molecule has 1 aromatic heterocycles. The van der Waals surface area contributed by atoms with Crippen molar-refractivity contribution >= 4 is 35.6 Å². The van der Waals surface area contributed by atoms with Crippen molar-refractivity contribution in [2.75, 3.05) is 50.7 Å². The van der Waals surface area contributed by atoms with Crippen molar-refractivity contribution in [1.29, 1.82) is 0 Å². The Hall–Kier alpha value is -1.87. The fourth-order valence-corrected chi connectivity index (χ4v) is 3.37. The maximum Gasteiger partial charge on any atom is 0.191 e. The van der Waals surface area contributed by atoms with E-state index in [4.69, 9.17) is 0 Å². The highest BCUT2D eigenvalue weighted by Crippen LogP contribution is 2.15. The number of hydrogen-bond acceptors (Lipinski definition) is 4. The molecule has 158 valence electrons. The van der Waals surface area contributed by atoms with Crippen LogP contribution in [0.1, 0.15) is 19.0 Å². The summed E-state index contributed by atoms with van der Waals surface area (Å²) in [6.07, 6.45) is 2.92. The number of anilines is 1. The van der Waals surface area contributed by atoms with E-state index in [2.05, 4.69) is 67.7 Å². The number of pyridine rings is 1. The minimum absolute atomic E-state index is 0. The highest BCUT2D eigenvalue weighted by Gasteiger charge is 2.16. The summed E-state index contributed by atoms with van der Waals surface area (Å²) in [5.74, 6) is 0.863. The number of guanidine groups is 1. The van der Waals surface area contributed by atoms with Crippen LogP contribution in [0.15, 0.2) is 59.7 Å². The lowest BCUT2D eigenvalue weighted by molar-refractivity contribution is 0.255. The smallest absolute Gasteiger partial charge is 0.191 e. The number of halogens is 1. The summed E-state index contributed by atoms with van der Waals surface area (Å²) < 4.78 is 0. The third kappa shape index (κ3) is 8.18. The molecule has 0 saturated carbocycles. The van der Waals surface area contributed by atoms with E-state index in [1.165, 1.54) is 5.69 Å². The fraction of sp³-hybridized carbons (Fsp3) is 0.455. The molecule has 0 unspecified atom stereocenters. The number of piperazine rings is 1. The van der Waals surface area contributed by atoms with Gasteiger partial charge in [-0.1, -0.05) is 24.3 Å². The van der Waals surface area contributed by atoms with Gasteiger partial charge in [-0.2, -0.15) is 0 Å². The summed E-state index contributed by atoms with van der Waals surface area (Å²) in [7, 11) is 0. The number of para-hydroxylation sites is 1. The Labute approximate surface area is 191 Å². The SMILES string of the molecule is CCNC(=NCc1ccccn1)NCCCN1CCN(c2ccccc2)CC1.I. The monoisotopic (exact) mass is 508 g/mol. The first-order valence-electron chi connectivity index (χ1n) is 10.3. The molecule has 1 aliphatic heterocycles. The Kier molecular flexibility index (Phi) is 10.8. The molecule has 0 bridgehead atoms. The molecule has 0 spiro atoms. The van der Waals surface area contributed by atoms with Crippen LogP contribution in [0, 0.1) is 0 Å². The second-order valence-electron chi connectivity index (χ2n) is 6.96. The molecule has 0 amide bonds. The van der Waals surface area contributed by atoms with Gasteiger partial charge in [0.05, 0.1) is 12.2 Å². The zero-order valence-electron chi connectivity index (χ0n) is 17.3. The van der Waals surface area contributed by atoms with Crippen LogP contribution >= 0.6 is 24.0 Å². The highest BCUT2D eigenvalue weighted by molar-refractivity contribution is 14.0. The molecule has 3 rings (SSSR count). The van der Waals surface area contributed by atoms with Crippen molar-refractivity contribution in [2.24, 2.45) is 4.99 Å². The number of hydrogen-bond donors (Lipinski definition) is 2. The number of aromatic nitrogens is 1. The van der Waals surface area contributed by atoms with Gasteiger partial charge in [0.15, 0.2) is 5.96 Å². The third-order valence-electron chi connectivity index (χ3n) is 4.91. The number of aliphatic imine (C=N–C) groups is 1. The number of rotatable bonds is 8. The maximum absolute atomic E-state index is 4.62. The molecule has 1 saturated heterocycles. The Balaban J connectivity index is 0.00000300. The Morgan fingerprint density at radius 1 is 1.00 bits per heavy atom. The van der Waals surface area contributed by atoms with Gasteiger partial charge in [-0.05, 0) is 44.2 Å². The molecule has 0 aliphatic carbocycles. The van der Waals surface area contributed by atoms with Gasteiger partial charge < -0.3 is 15.5 Å². The molecular formula is C22H33IN6. The fourth-order valence-electron chi connectivity index (χ4n) is 3.37. The van der Waals surface area contributed by atoms with E-state index in [1.54, 1.807) is 0 Å². The van der Waals surface area contributed by atoms with Crippen LogP contribution in [0.4, 0.5) is 5.69 Å². The normalized spacial score (nSPS) is 14.9. The van der Waals surface area contributed by atoms with Gasteiger partial charge in [-0.15, -0.1) is 24.0 Å². The zero-order valence-corrected chi connectivity index (χ0v) is 19.6. The van der Waals surface area contributed by atoms with Crippen LogP contribution in [-0.4, -0.2) is 61.7 Å². The Bertz CT molecular complexity index is 702. The van der Waals surface area contributed by atoms with Crippen LogP contribution in [0.3, 0.4) is 0 Å². The van der Waals surface area contributed by atoms with E-state index < -0.39 is 0 Å². The minimum Gasteiger partial charge on any atom is -0.369 e. The van der Waals surface area contributed by atoms with E-state index in [-0.39, 0.29) is 24.0 Å². The van der Waals surface area contributed by atoms with Crippen LogP contribution in [0.2, 0.25) is 0 Å². The summed E-state index contributed by atoms with van der Waals surface area (Å²) >= 11 is 0. The maximum atomic E-state index is 4.62. The van der Waals surface area contributed by atoms with Crippen molar-refractivity contribution in [2.45, 2.75) is 19.9 Å². The van der Waals surface area contributed by atoms with Gasteiger partial charge in [0.1, 0.15) is 0 Å². The van der Waals surface area contributed by atoms with E-state index in [9.17, 15) is 0 Å². The molecule has 2 heterocycles. The third-order valence-corrected chi connectivity index (χ3v) is 4.91. The van der Waals surface area contributed by atoms with Crippen molar-refractivity contribution in [3.63, 3.8) is 0 Å². The van der Waals surface area contributed by atoms with Crippen molar-refractivity contribution < 1.29 is 0 Å². The zero-order chi connectivity index (χ0) is 19.4. The Morgan fingerprint density at radius 2 is 1.76 bits per heavy atom. The first-order chi connectivity index (χ1) is 13.8. The molecule has 29 heavy (non-hydrogen) atoms. The second-order valence-corrected chi connectivity index (χ2v) is 6.96. The van der Waals surface area contributed by atoms with Crippen molar-refractivity contribution in [3.05, 3.63) is 60.4 Å². The van der Waals surface area contributed by atoms with Crippen molar-refractivity contribution in [1.82, 2.24) is 20.5 Å². The predicted molar refractivity (Wildman–Crippen MR) is 132 cm³/mol. The summed E-state index contributed by atoms with van der Waals surface area (Å²) in [6, 6.07) is 16.6. The van der Waals surface area contributed by atoms with Crippen LogP contribution < -0.4 is 15.5 Å². The number of benzene rings is 1. The van der Waals surface area contributed by atoms with Gasteiger partial charge in [0.25, 0.3) is 0 Å². The van der Waals surface area contributed by atoms with Gasteiger partial charge in [-0.25, -0.2) is 4.99 Å². The molecule has 2 N–H and O–H groups in total. The van der Waals surface area contributed by atoms with Gasteiger partial charge in [0, 0.05) is 51.2 Å². The Morgan fingerprint density at radius 3 is 2.45 bits per heavy atom. The molecule has 6 nitrogen and oxygen atoms in total. The quantitative estimate of drug-likeness (QED) is 0.249. The molecule has 0 radical (unpaired) electrons. The minimum atomic E-state index is 0. The van der Waals surface area contributed by atoms with Gasteiger partial charge in [0.2, 0.25) is 0 Å². The average molecular weight is 508 g/mol. The molecule has 7 heteroatoms. The highest BCUT2D eigenvalue weighted by atomic mass is 127. The van der Waals surface area contributed by atoms with E-state index in [1.807, 2.05) is 24.4 Å². The molecule has 2 aromatic rings. The summed E-state index contributed by atoms with van der Waals surface area (Å²) in [5, 5.41) is 6.75. The molecular weight excluding hydrogens is 475 g/mol. The first kappa shape index (κ1) is 23.4. The first-order valence-corrected chi connectivity index (χ1v) is 10.3. The summed E-state index contributed by atoms with van der Waals surface area (Å²) in [4.78, 5) is 14.0. The number of nitrogens with one attached hydrogen (secondary N) is 2. The molecule has 1 fully saturated rings. The standard InChI is InChI=1S/C22H32N6.HI/c1-2-23-22(26-19-20-9-6-7-12-24-20)25-13-8-14-27-15-17-28(18-16-27)21-10-4-3-5-11-21;/h3-7,9-12H,2,8,13-19H2,1H3,(H2,23,25,26);1H. The molecule has 1 aromatic carbocycles. The van der Waals surface area contributed by atoms with Gasteiger partial charge >= 0.3 is 0 Å². The molecule has 1 aliphatic rings. The van der Waals surface area contributed by atoms with Crippen LogP contribution in [-0.2, 0) is 6.54 Å². The topological polar surface area (TPSA) is 55.8 Å². The van der Waals surface area contributed by atoms with E-state index in [0.29, 0.717) is 6.54 Å². The average Bonchev–Trinajstić information content (AvgIpc) is 2.76. The lowest BCUT2D eigenvalue weighted by Crippen LogP contribution is -2.47. The van der Waals surface area contributed by atoms with Crippen LogP contribution in [0.25, 0.3) is 0 Å². The lowest BCUT2D eigenvalue weighted by Gasteiger charge is -2.36. The summed E-state index contributed by atoms with van der Waals surface area (Å²) in [6.45, 7) is 10.0. The van der Waals surface area contributed by atoms with Crippen molar-refractivity contribution in [3.8, 4) is 0 Å². The lowest BCUT2D eigenvalue weighted by atomic mass is 10.2. The largest absolute Gasteiger partial charge is 0.369 e. The molecule has 0 atom stereocenters. The number of nitrogens with zero attached hydrogens (tertiary/aromatic N) is 4. The second kappa shape index (κ2) is 13.4.